The van der Waals surface area contributed by atoms with Crippen molar-refractivity contribution >= 4 is 17.7 Å². The third kappa shape index (κ3) is 12.4. The zero-order valence-electron chi connectivity index (χ0n) is 27.0. The monoisotopic (exact) mass is 593 g/mol. The zero-order valence-corrected chi connectivity index (χ0v) is 27.8. The Morgan fingerprint density at radius 2 is 1.56 bits per heavy atom. The standard InChI is InChI=1S/C34H59NO5S/c1-22(2)11-8-12-23(3)13-9-14-24(4)15-10-16-29-17-18-30-27(7)32(25(5)26(6)33(30)40-29)39-19-28(36)20-41-21-31(35)34(37)38/h22-24,28-29,31,36H,8-21,35H2,1-7H3,(H,37,38)/t23?,24?,28?,29?,31-/m0/s1. The van der Waals surface area contributed by atoms with E-state index in [1.807, 2.05) is 0 Å². The summed E-state index contributed by atoms with van der Waals surface area (Å²) in [6, 6.07) is -0.920. The van der Waals surface area contributed by atoms with Crippen LogP contribution in [-0.2, 0) is 11.2 Å². The van der Waals surface area contributed by atoms with Crippen molar-refractivity contribution in [3.8, 4) is 11.5 Å². The number of fused-ring (bicyclic) bond motifs is 1. The summed E-state index contributed by atoms with van der Waals surface area (Å²) in [7, 11) is 0. The van der Waals surface area contributed by atoms with E-state index in [-0.39, 0.29) is 18.5 Å². The molecule has 7 heteroatoms. The van der Waals surface area contributed by atoms with Crippen molar-refractivity contribution in [1.29, 1.82) is 0 Å². The van der Waals surface area contributed by atoms with Gasteiger partial charge in [0.05, 0.1) is 12.2 Å². The van der Waals surface area contributed by atoms with Gasteiger partial charge in [0.1, 0.15) is 24.1 Å². The van der Waals surface area contributed by atoms with Crippen molar-refractivity contribution in [3.05, 3.63) is 22.3 Å². The van der Waals surface area contributed by atoms with E-state index >= 15 is 0 Å². The van der Waals surface area contributed by atoms with E-state index in [0.717, 1.165) is 65.2 Å². The van der Waals surface area contributed by atoms with Gasteiger partial charge in [-0.05, 0) is 80.9 Å². The number of aliphatic hydroxyl groups is 1. The molecule has 0 aliphatic carbocycles. The first kappa shape index (κ1) is 35.8. The number of rotatable bonds is 20. The van der Waals surface area contributed by atoms with E-state index in [1.165, 1.54) is 68.7 Å². The lowest BCUT2D eigenvalue weighted by Crippen LogP contribution is -2.33. The summed E-state index contributed by atoms with van der Waals surface area (Å²) in [5, 5.41) is 19.3. The molecule has 0 radical (unpaired) electrons. The maximum Gasteiger partial charge on any atom is 0.321 e. The molecule has 5 atom stereocenters. The number of carbonyl (C=O) groups is 1. The Morgan fingerprint density at radius 1 is 0.951 bits per heavy atom. The van der Waals surface area contributed by atoms with Gasteiger partial charge in [0.15, 0.2) is 0 Å². The second kappa shape index (κ2) is 18.3. The molecule has 6 nitrogen and oxygen atoms in total. The molecule has 1 aromatic carbocycles. The molecule has 1 aliphatic heterocycles. The van der Waals surface area contributed by atoms with E-state index in [1.54, 1.807) is 0 Å². The van der Waals surface area contributed by atoms with Gasteiger partial charge in [-0.2, -0.15) is 11.8 Å². The van der Waals surface area contributed by atoms with Crippen molar-refractivity contribution < 1.29 is 24.5 Å². The summed E-state index contributed by atoms with van der Waals surface area (Å²) in [6.07, 6.45) is 13.4. The summed E-state index contributed by atoms with van der Waals surface area (Å²) in [6.45, 7) is 15.9. The second-order valence-corrected chi connectivity index (χ2v) is 14.2. The predicted molar refractivity (Wildman–Crippen MR) is 173 cm³/mol. The predicted octanol–water partition coefficient (Wildman–Crippen LogP) is 7.63. The van der Waals surface area contributed by atoms with E-state index in [2.05, 4.69) is 48.5 Å². The fourth-order valence-electron chi connectivity index (χ4n) is 5.87. The molecule has 1 aromatic rings. The largest absolute Gasteiger partial charge is 0.490 e. The number of aliphatic hydroxyl groups excluding tert-OH is 1. The number of thioether (sulfide) groups is 1. The summed E-state index contributed by atoms with van der Waals surface area (Å²) in [5.41, 5.74) is 10.0. The average molecular weight is 594 g/mol. The molecule has 2 rings (SSSR count). The molecular weight excluding hydrogens is 534 g/mol. The van der Waals surface area contributed by atoms with Crippen LogP contribution in [0, 0.1) is 38.5 Å². The number of hydrogen-bond donors (Lipinski definition) is 3. The molecular formula is C34H59NO5S. The van der Waals surface area contributed by atoms with Crippen LogP contribution in [-0.4, -0.2) is 52.5 Å². The Bertz CT molecular complexity index is 936. The van der Waals surface area contributed by atoms with Crippen LogP contribution in [0.1, 0.15) is 114 Å². The first-order chi connectivity index (χ1) is 19.4. The average Bonchev–Trinajstić information content (AvgIpc) is 2.91. The van der Waals surface area contributed by atoms with Gasteiger partial charge in [0.25, 0.3) is 0 Å². The zero-order chi connectivity index (χ0) is 30.5. The number of benzene rings is 1. The minimum absolute atomic E-state index is 0.161. The van der Waals surface area contributed by atoms with Gasteiger partial charge in [0, 0.05) is 17.1 Å². The number of hydrogen-bond acceptors (Lipinski definition) is 6. The Hall–Kier alpha value is -1.44. The highest BCUT2D eigenvalue weighted by molar-refractivity contribution is 7.99. The topological polar surface area (TPSA) is 102 Å². The summed E-state index contributed by atoms with van der Waals surface area (Å²) in [5.74, 6) is 3.94. The Kier molecular flexibility index (Phi) is 15.9. The lowest BCUT2D eigenvalue weighted by Gasteiger charge is -2.31. The molecule has 0 saturated heterocycles. The van der Waals surface area contributed by atoms with Gasteiger partial charge in [-0.3, -0.25) is 4.79 Å². The molecule has 0 bridgehead atoms. The number of carboxylic acid groups (broad SMARTS) is 1. The maximum absolute atomic E-state index is 10.9. The van der Waals surface area contributed by atoms with Crippen molar-refractivity contribution in [3.63, 3.8) is 0 Å². The summed E-state index contributed by atoms with van der Waals surface area (Å²) in [4.78, 5) is 10.9. The van der Waals surface area contributed by atoms with Gasteiger partial charge in [-0.1, -0.05) is 72.6 Å². The molecule has 0 amide bonds. The van der Waals surface area contributed by atoms with Gasteiger partial charge < -0.3 is 25.4 Å². The smallest absolute Gasteiger partial charge is 0.321 e. The highest BCUT2D eigenvalue weighted by Gasteiger charge is 2.27. The molecule has 1 aliphatic rings. The van der Waals surface area contributed by atoms with Gasteiger partial charge >= 0.3 is 5.97 Å². The first-order valence-electron chi connectivity index (χ1n) is 16.1. The molecule has 4 unspecified atom stereocenters. The van der Waals surface area contributed by atoms with Crippen LogP contribution in [0.4, 0.5) is 0 Å². The Labute approximate surface area is 254 Å². The Balaban J connectivity index is 1.77. The van der Waals surface area contributed by atoms with E-state index < -0.39 is 18.1 Å². The molecule has 0 saturated carbocycles. The van der Waals surface area contributed by atoms with Gasteiger partial charge in [-0.25, -0.2) is 0 Å². The molecule has 0 fully saturated rings. The van der Waals surface area contributed by atoms with Crippen LogP contribution >= 0.6 is 11.8 Å². The number of nitrogens with two attached hydrogens (primary N) is 1. The second-order valence-electron chi connectivity index (χ2n) is 13.1. The molecule has 4 N–H and O–H groups in total. The summed E-state index contributed by atoms with van der Waals surface area (Å²) < 4.78 is 12.7. The maximum atomic E-state index is 10.9. The molecule has 1 heterocycles. The quantitative estimate of drug-likeness (QED) is 0.143. The summed E-state index contributed by atoms with van der Waals surface area (Å²) >= 11 is 1.33. The SMILES string of the molecule is Cc1c(C)c2c(c(C)c1OCC(O)CSC[C@H](N)C(=O)O)CCC(CCCC(C)CCCC(C)CCCC(C)C)O2. The van der Waals surface area contributed by atoms with Crippen LogP contribution in [0.5, 0.6) is 11.5 Å². The van der Waals surface area contributed by atoms with E-state index in [0.29, 0.717) is 5.75 Å². The van der Waals surface area contributed by atoms with Crippen LogP contribution in [0.15, 0.2) is 0 Å². The van der Waals surface area contributed by atoms with Crippen LogP contribution in [0.3, 0.4) is 0 Å². The van der Waals surface area contributed by atoms with E-state index in [4.69, 9.17) is 20.3 Å². The van der Waals surface area contributed by atoms with Crippen molar-refractivity contribution in [2.75, 3.05) is 18.1 Å². The van der Waals surface area contributed by atoms with Crippen LogP contribution in [0.25, 0.3) is 0 Å². The van der Waals surface area contributed by atoms with Crippen molar-refractivity contribution in [1.82, 2.24) is 0 Å². The fourth-order valence-corrected chi connectivity index (χ4v) is 6.77. The molecule has 41 heavy (non-hydrogen) atoms. The highest BCUT2D eigenvalue weighted by atomic mass is 32.2. The van der Waals surface area contributed by atoms with Gasteiger partial charge in [-0.15, -0.1) is 0 Å². The van der Waals surface area contributed by atoms with Crippen LogP contribution < -0.4 is 15.2 Å². The molecule has 236 valence electrons. The minimum Gasteiger partial charge on any atom is -0.490 e. The fraction of sp³-hybridized carbons (Fsp3) is 0.794. The van der Waals surface area contributed by atoms with E-state index in [9.17, 15) is 9.90 Å². The third-order valence-electron chi connectivity index (χ3n) is 8.75. The van der Waals surface area contributed by atoms with Gasteiger partial charge in [0.2, 0.25) is 0 Å². The molecule has 0 spiro atoms. The molecule has 0 aromatic heterocycles. The third-order valence-corrected chi connectivity index (χ3v) is 9.97. The lowest BCUT2D eigenvalue weighted by atomic mass is 9.89. The normalized spacial score (nSPS) is 18.0. The minimum atomic E-state index is -1.03. The lowest BCUT2D eigenvalue weighted by molar-refractivity contribution is -0.137. The van der Waals surface area contributed by atoms with Crippen molar-refractivity contribution in [2.45, 2.75) is 137 Å². The Morgan fingerprint density at radius 3 is 2.17 bits per heavy atom. The first-order valence-corrected chi connectivity index (χ1v) is 17.2. The number of carboxylic acids is 1. The highest BCUT2D eigenvalue weighted by Crippen LogP contribution is 2.42. The van der Waals surface area contributed by atoms with Crippen LogP contribution in [0.2, 0.25) is 0 Å². The number of aliphatic carboxylic acids is 1. The van der Waals surface area contributed by atoms with Crippen molar-refractivity contribution in [2.24, 2.45) is 23.5 Å². The number of ether oxygens (including phenoxy) is 2.